The lowest BCUT2D eigenvalue weighted by Crippen LogP contribution is -2.49. The van der Waals surface area contributed by atoms with E-state index in [1.807, 2.05) is 36.4 Å². The maximum atomic E-state index is 6.29. The van der Waals surface area contributed by atoms with Crippen molar-refractivity contribution in [2.45, 2.75) is 6.54 Å². The molecule has 3 rings (SSSR count). The Morgan fingerprint density at radius 1 is 1.00 bits per heavy atom. The van der Waals surface area contributed by atoms with Crippen LogP contribution in [0.1, 0.15) is 5.56 Å². The molecule has 0 amide bonds. The summed E-state index contributed by atoms with van der Waals surface area (Å²) in [6.07, 6.45) is 0. The van der Waals surface area contributed by atoms with Crippen LogP contribution in [0.3, 0.4) is 0 Å². The van der Waals surface area contributed by atoms with E-state index in [0.29, 0.717) is 26.7 Å². The zero-order chi connectivity index (χ0) is 20.1. The highest BCUT2D eigenvalue weighted by Gasteiger charge is 2.20. The van der Waals surface area contributed by atoms with E-state index < -0.39 is 0 Å². The monoisotopic (exact) mass is 439 g/mol. The molecule has 0 bridgehead atoms. The van der Waals surface area contributed by atoms with Crippen LogP contribution < -0.4 is 14.8 Å². The van der Waals surface area contributed by atoms with Gasteiger partial charge >= 0.3 is 0 Å². The maximum absolute atomic E-state index is 6.29. The van der Waals surface area contributed by atoms with Crippen molar-refractivity contribution in [2.24, 2.45) is 0 Å². The summed E-state index contributed by atoms with van der Waals surface area (Å²) < 4.78 is 10.6. The van der Waals surface area contributed by atoms with Gasteiger partial charge in [0.25, 0.3) is 0 Å². The number of nitrogens with one attached hydrogen (secondary N) is 1. The van der Waals surface area contributed by atoms with Crippen molar-refractivity contribution in [3.8, 4) is 11.5 Å². The summed E-state index contributed by atoms with van der Waals surface area (Å²) >= 11 is 18.2. The minimum atomic E-state index is 0.686. The van der Waals surface area contributed by atoms with Crippen molar-refractivity contribution < 1.29 is 9.47 Å². The zero-order valence-electron chi connectivity index (χ0n) is 15.9. The van der Waals surface area contributed by atoms with Crippen molar-refractivity contribution in [3.63, 3.8) is 0 Å². The minimum Gasteiger partial charge on any atom is -0.497 e. The standard InChI is InChI=1S/C20H23Cl2N3O2S/c1-26-15-10-14(11-16(12-15)27-2)23-20(28)25-8-6-24(7-9-25)13-17-18(21)4-3-5-19(17)22/h3-5,10-12H,6-9,13H2,1-2H3,(H,23,28). The van der Waals surface area contributed by atoms with Gasteiger partial charge < -0.3 is 19.7 Å². The van der Waals surface area contributed by atoms with E-state index in [9.17, 15) is 0 Å². The molecule has 1 fully saturated rings. The van der Waals surface area contributed by atoms with Gasteiger partial charge in [-0.1, -0.05) is 29.3 Å². The summed E-state index contributed by atoms with van der Waals surface area (Å²) in [4.78, 5) is 4.49. The normalized spacial score (nSPS) is 14.6. The van der Waals surface area contributed by atoms with Crippen molar-refractivity contribution in [2.75, 3.05) is 45.7 Å². The third-order valence-electron chi connectivity index (χ3n) is 4.71. The lowest BCUT2D eigenvalue weighted by Gasteiger charge is -2.36. The Morgan fingerprint density at radius 2 is 1.57 bits per heavy atom. The van der Waals surface area contributed by atoms with E-state index in [1.54, 1.807) is 14.2 Å². The Hall–Kier alpha value is -1.73. The van der Waals surface area contributed by atoms with Crippen LogP contribution in [0.15, 0.2) is 36.4 Å². The van der Waals surface area contributed by atoms with Crippen LogP contribution in [-0.2, 0) is 6.54 Å². The van der Waals surface area contributed by atoms with E-state index >= 15 is 0 Å². The second-order valence-electron chi connectivity index (χ2n) is 6.49. The van der Waals surface area contributed by atoms with Gasteiger partial charge in [-0.25, -0.2) is 0 Å². The smallest absolute Gasteiger partial charge is 0.173 e. The van der Waals surface area contributed by atoms with Crippen LogP contribution in [-0.4, -0.2) is 55.3 Å². The number of rotatable bonds is 5. The summed E-state index contributed by atoms with van der Waals surface area (Å²) in [6, 6.07) is 11.2. The van der Waals surface area contributed by atoms with Crippen LogP contribution >= 0.6 is 35.4 Å². The number of thiocarbonyl (C=S) groups is 1. The van der Waals surface area contributed by atoms with Crippen LogP contribution in [0, 0.1) is 0 Å². The Morgan fingerprint density at radius 3 is 2.11 bits per heavy atom. The fourth-order valence-electron chi connectivity index (χ4n) is 3.10. The van der Waals surface area contributed by atoms with Gasteiger partial charge in [0.1, 0.15) is 11.5 Å². The van der Waals surface area contributed by atoms with Gasteiger partial charge in [-0.2, -0.15) is 0 Å². The van der Waals surface area contributed by atoms with Crippen LogP contribution in [0.2, 0.25) is 10.0 Å². The lowest BCUT2D eigenvalue weighted by atomic mass is 10.2. The van der Waals surface area contributed by atoms with E-state index in [-0.39, 0.29) is 0 Å². The predicted octanol–water partition coefficient (Wildman–Crippen LogP) is 4.53. The number of halogens is 2. The summed E-state index contributed by atoms with van der Waals surface area (Å²) in [7, 11) is 3.25. The summed E-state index contributed by atoms with van der Waals surface area (Å²) in [6.45, 7) is 4.15. The first-order valence-corrected chi connectivity index (χ1v) is 10.1. The first-order valence-electron chi connectivity index (χ1n) is 8.94. The van der Waals surface area contributed by atoms with Gasteiger partial charge in [0.2, 0.25) is 0 Å². The number of ether oxygens (including phenoxy) is 2. The number of hydrogen-bond acceptors (Lipinski definition) is 4. The molecule has 1 aliphatic rings. The Balaban J connectivity index is 1.57. The molecular formula is C20H23Cl2N3O2S. The fourth-order valence-corrected chi connectivity index (χ4v) is 3.92. The average Bonchev–Trinajstić information content (AvgIpc) is 2.71. The van der Waals surface area contributed by atoms with Gasteiger partial charge in [-0.15, -0.1) is 0 Å². The van der Waals surface area contributed by atoms with Crippen LogP contribution in [0.4, 0.5) is 5.69 Å². The Labute approximate surface area is 181 Å². The van der Waals surface area contributed by atoms with Gasteiger partial charge in [0.05, 0.1) is 14.2 Å². The highest BCUT2D eigenvalue weighted by molar-refractivity contribution is 7.80. The molecule has 0 spiro atoms. The Kier molecular flexibility index (Phi) is 7.24. The Bertz CT molecular complexity index is 800. The molecule has 0 atom stereocenters. The zero-order valence-corrected chi connectivity index (χ0v) is 18.2. The predicted molar refractivity (Wildman–Crippen MR) is 119 cm³/mol. The van der Waals surface area contributed by atoms with Gasteiger partial charge in [-0.05, 0) is 24.4 Å². The largest absolute Gasteiger partial charge is 0.497 e. The number of methoxy groups -OCH3 is 2. The van der Waals surface area contributed by atoms with Crippen molar-refractivity contribution in [1.82, 2.24) is 9.80 Å². The minimum absolute atomic E-state index is 0.686. The molecule has 5 nitrogen and oxygen atoms in total. The number of piperazine rings is 1. The topological polar surface area (TPSA) is 37.0 Å². The molecule has 0 aliphatic carbocycles. The van der Waals surface area contributed by atoms with E-state index in [1.165, 1.54) is 0 Å². The number of benzene rings is 2. The number of nitrogens with zero attached hydrogens (tertiary/aromatic N) is 2. The first kappa shape index (κ1) is 21.0. The highest BCUT2D eigenvalue weighted by atomic mass is 35.5. The fraction of sp³-hybridized carbons (Fsp3) is 0.350. The van der Waals surface area contributed by atoms with E-state index in [2.05, 4.69) is 15.1 Å². The molecule has 8 heteroatoms. The van der Waals surface area contributed by atoms with Crippen molar-refractivity contribution in [3.05, 3.63) is 52.0 Å². The SMILES string of the molecule is COc1cc(NC(=S)N2CCN(Cc3c(Cl)cccc3Cl)CC2)cc(OC)c1. The molecule has 1 heterocycles. The summed E-state index contributed by atoms with van der Waals surface area (Å²) in [5.74, 6) is 1.43. The lowest BCUT2D eigenvalue weighted by molar-refractivity contribution is 0.177. The van der Waals surface area contributed by atoms with E-state index in [0.717, 1.165) is 44.0 Å². The molecule has 1 saturated heterocycles. The molecule has 1 aliphatic heterocycles. The second kappa shape index (κ2) is 9.65. The van der Waals surface area contributed by atoms with Crippen LogP contribution in [0.25, 0.3) is 0 Å². The molecule has 2 aromatic carbocycles. The average molecular weight is 440 g/mol. The molecule has 0 saturated carbocycles. The molecular weight excluding hydrogens is 417 g/mol. The molecule has 28 heavy (non-hydrogen) atoms. The third-order valence-corrected chi connectivity index (χ3v) is 5.77. The van der Waals surface area contributed by atoms with E-state index in [4.69, 9.17) is 44.9 Å². The van der Waals surface area contributed by atoms with Crippen molar-refractivity contribution in [1.29, 1.82) is 0 Å². The van der Waals surface area contributed by atoms with Gasteiger partial charge in [0, 0.05) is 72.2 Å². The van der Waals surface area contributed by atoms with Gasteiger partial charge in [-0.3, -0.25) is 4.90 Å². The number of hydrogen-bond donors (Lipinski definition) is 1. The molecule has 0 aromatic heterocycles. The molecule has 1 N–H and O–H groups in total. The molecule has 0 radical (unpaired) electrons. The van der Waals surface area contributed by atoms with Crippen molar-refractivity contribution >= 4 is 46.2 Å². The third kappa shape index (κ3) is 5.20. The molecule has 150 valence electrons. The van der Waals surface area contributed by atoms with Gasteiger partial charge in [0.15, 0.2) is 5.11 Å². The summed E-state index contributed by atoms with van der Waals surface area (Å²) in [5.41, 5.74) is 1.81. The second-order valence-corrected chi connectivity index (χ2v) is 7.70. The van der Waals surface area contributed by atoms with Crippen LogP contribution in [0.5, 0.6) is 11.5 Å². The highest BCUT2D eigenvalue weighted by Crippen LogP contribution is 2.27. The first-order chi connectivity index (χ1) is 13.5. The molecule has 0 unspecified atom stereocenters. The quantitative estimate of drug-likeness (QED) is 0.689. The summed E-state index contributed by atoms with van der Waals surface area (Å²) in [5, 5.41) is 5.38. The maximum Gasteiger partial charge on any atom is 0.173 e. The number of anilines is 1. The molecule has 2 aromatic rings.